The van der Waals surface area contributed by atoms with Gasteiger partial charge in [-0.1, -0.05) is 13.8 Å². The van der Waals surface area contributed by atoms with Crippen LogP contribution in [-0.2, 0) is 4.79 Å². The number of likely N-dealkylation sites (tertiary alicyclic amines) is 1. The summed E-state index contributed by atoms with van der Waals surface area (Å²) in [6, 6.07) is 3.29. The van der Waals surface area contributed by atoms with Crippen molar-refractivity contribution in [3.05, 3.63) is 24.2 Å². The monoisotopic (exact) mass is 221 g/mol. The summed E-state index contributed by atoms with van der Waals surface area (Å²) in [6.07, 6.45) is 2.17. The summed E-state index contributed by atoms with van der Waals surface area (Å²) in [5.41, 5.74) is -0.306. The van der Waals surface area contributed by atoms with Crippen LogP contribution in [-0.4, -0.2) is 29.7 Å². The van der Waals surface area contributed by atoms with Crippen LogP contribution in [0.25, 0.3) is 0 Å². The van der Waals surface area contributed by atoms with Crippen molar-refractivity contribution in [1.29, 1.82) is 0 Å². The Balaban J connectivity index is 2.09. The van der Waals surface area contributed by atoms with Gasteiger partial charge in [0, 0.05) is 12.0 Å². The maximum Gasteiger partial charge on any atom is 0.289 e. The Labute approximate surface area is 94.2 Å². The highest BCUT2D eigenvalue weighted by atomic mass is 16.3. The molecule has 0 unspecified atom stereocenters. The summed E-state index contributed by atoms with van der Waals surface area (Å²) in [4.78, 5) is 25.2. The lowest BCUT2D eigenvalue weighted by Gasteiger charge is -2.34. The van der Waals surface area contributed by atoms with Crippen LogP contribution >= 0.6 is 0 Å². The molecule has 1 aromatic heterocycles. The fourth-order valence-electron chi connectivity index (χ4n) is 1.75. The molecule has 2 heterocycles. The molecule has 1 aromatic rings. The average molecular weight is 221 g/mol. The third-order valence-electron chi connectivity index (χ3n) is 3.12. The number of carbonyl (C=O) groups excluding carboxylic acids is 2. The second kappa shape index (κ2) is 3.77. The lowest BCUT2D eigenvalue weighted by atomic mass is 9.81. The number of furan rings is 1. The zero-order valence-corrected chi connectivity index (χ0v) is 9.53. The van der Waals surface area contributed by atoms with Gasteiger partial charge in [0.2, 0.25) is 0 Å². The fourth-order valence-corrected chi connectivity index (χ4v) is 1.75. The minimum atomic E-state index is -0.306. The first-order chi connectivity index (χ1) is 7.50. The smallest absolute Gasteiger partial charge is 0.289 e. The quantitative estimate of drug-likeness (QED) is 0.725. The van der Waals surface area contributed by atoms with Gasteiger partial charge in [-0.25, -0.2) is 0 Å². The molecule has 1 fully saturated rings. The van der Waals surface area contributed by atoms with Crippen LogP contribution in [0.15, 0.2) is 22.8 Å². The minimum Gasteiger partial charge on any atom is -0.459 e. The van der Waals surface area contributed by atoms with Crippen molar-refractivity contribution in [3.8, 4) is 0 Å². The van der Waals surface area contributed by atoms with E-state index in [4.69, 9.17) is 4.42 Å². The van der Waals surface area contributed by atoms with Crippen LogP contribution in [0.3, 0.4) is 0 Å². The van der Waals surface area contributed by atoms with Crippen molar-refractivity contribution in [2.75, 3.05) is 13.1 Å². The van der Waals surface area contributed by atoms with Gasteiger partial charge >= 0.3 is 0 Å². The summed E-state index contributed by atoms with van der Waals surface area (Å²) < 4.78 is 5.03. The van der Waals surface area contributed by atoms with Crippen molar-refractivity contribution in [2.45, 2.75) is 20.3 Å². The van der Waals surface area contributed by atoms with Gasteiger partial charge in [-0.15, -0.1) is 0 Å². The van der Waals surface area contributed by atoms with Crippen LogP contribution in [0.1, 0.15) is 30.8 Å². The Hall–Kier alpha value is -1.58. The first-order valence-corrected chi connectivity index (χ1v) is 5.37. The van der Waals surface area contributed by atoms with E-state index in [9.17, 15) is 9.59 Å². The van der Waals surface area contributed by atoms with Crippen LogP contribution in [0.5, 0.6) is 0 Å². The standard InChI is InChI=1S/C12H15NO3/c1-12(2)5-6-13(8-10(12)14)11(15)9-4-3-7-16-9/h3-4,7H,5-6,8H2,1-2H3. The molecule has 0 radical (unpaired) electrons. The van der Waals surface area contributed by atoms with E-state index in [1.54, 1.807) is 17.0 Å². The molecule has 0 aliphatic carbocycles. The highest BCUT2D eigenvalue weighted by Crippen LogP contribution is 2.27. The summed E-state index contributed by atoms with van der Waals surface area (Å²) >= 11 is 0. The number of hydrogen-bond acceptors (Lipinski definition) is 3. The molecule has 0 saturated carbocycles. The highest BCUT2D eigenvalue weighted by Gasteiger charge is 2.36. The molecule has 4 heteroatoms. The lowest BCUT2D eigenvalue weighted by Crippen LogP contribution is -2.47. The molecular formula is C12H15NO3. The molecule has 1 amide bonds. The van der Waals surface area contributed by atoms with Crippen LogP contribution in [0, 0.1) is 5.41 Å². The number of ketones is 1. The summed E-state index contributed by atoms with van der Waals surface area (Å²) in [5.74, 6) is 0.208. The van der Waals surface area contributed by atoms with Crippen molar-refractivity contribution in [2.24, 2.45) is 5.41 Å². The molecule has 0 atom stereocenters. The zero-order chi connectivity index (χ0) is 11.8. The zero-order valence-electron chi connectivity index (χ0n) is 9.53. The van der Waals surface area contributed by atoms with Gasteiger partial charge in [0.15, 0.2) is 11.5 Å². The number of Topliss-reactive ketones (excluding diaryl/α,β-unsaturated/α-hetero) is 1. The Bertz CT molecular complexity index is 406. The summed E-state index contributed by atoms with van der Waals surface area (Å²) in [7, 11) is 0. The second-order valence-electron chi connectivity index (χ2n) is 4.76. The number of rotatable bonds is 1. The topological polar surface area (TPSA) is 50.5 Å². The van der Waals surface area contributed by atoms with Gasteiger partial charge in [-0.05, 0) is 18.6 Å². The molecule has 4 nitrogen and oxygen atoms in total. The van der Waals surface area contributed by atoms with Crippen molar-refractivity contribution in [3.63, 3.8) is 0 Å². The first-order valence-electron chi connectivity index (χ1n) is 5.37. The number of carbonyl (C=O) groups is 2. The predicted octanol–water partition coefficient (Wildman–Crippen LogP) is 1.72. The van der Waals surface area contributed by atoms with E-state index in [0.717, 1.165) is 0 Å². The summed E-state index contributed by atoms with van der Waals surface area (Å²) in [5, 5.41) is 0. The van der Waals surface area contributed by atoms with Crippen LogP contribution in [0.4, 0.5) is 0 Å². The third-order valence-corrected chi connectivity index (χ3v) is 3.12. The maximum absolute atomic E-state index is 11.9. The molecule has 0 bridgehead atoms. The molecular weight excluding hydrogens is 206 g/mol. The Morgan fingerprint density at radius 3 is 2.81 bits per heavy atom. The van der Waals surface area contributed by atoms with E-state index < -0.39 is 0 Å². The van der Waals surface area contributed by atoms with Crippen LogP contribution in [0.2, 0.25) is 0 Å². The van der Waals surface area contributed by atoms with Crippen molar-refractivity contribution < 1.29 is 14.0 Å². The van der Waals surface area contributed by atoms with Crippen molar-refractivity contribution in [1.82, 2.24) is 4.90 Å². The van der Waals surface area contributed by atoms with E-state index in [-0.39, 0.29) is 23.7 Å². The molecule has 16 heavy (non-hydrogen) atoms. The van der Waals surface area contributed by atoms with Gasteiger partial charge in [0.05, 0.1) is 12.8 Å². The van der Waals surface area contributed by atoms with Gasteiger partial charge in [0.25, 0.3) is 5.91 Å². The van der Waals surface area contributed by atoms with E-state index >= 15 is 0 Å². The molecule has 0 spiro atoms. The molecule has 1 aliphatic rings. The predicted molar refractivity (Wildman–Crippen MR) is 58.0 cm³/mol. The number of piperidine rings is 1. The van der Waals surface area contributed by atoms with Crippen molar-refractivity contribution >= 4 is 11.7 Å². The Kier molecular flexibility index (Phi) is 2.58. The van der Waals surface area contributed by atoms with E-state index in [1.807, 2.05) is 13.8 Å². The average Bonchev–Trinajstić information content (AvgIpc) is 2.74. The number of nitrogens with zero attached hydrogens (tertiary/aromatic N) is 1. The number of hydrogen-bond donors (Lipinski definition) is 0. The fraction of sp³-hybridized carbons (Fsp3) is 0.500. The van der Waals surface area contributed by atoms with E-state index in [0.29, 0.717) is 18.7 Å². The van der Waals surface area contributed by atoms with Gasteiger partial charge in [-0.3, -0.25) is 9.59 Å². The molecule has 1 aliphatic heterocycles. The third kappa shape index (κ3) is 1.87. The molecule has 2 rings (SSSR count). The molecule has 0 aromatic carbocycles. The largest absolute Gasteiger partial charge is 0.459 e. The molecule has 0 N–H and O–H groups in total. The van der Waals surface area contributed by atoms with E-state index in [2.05, 4.69) is 0 Å². The van der Waals surface area contributed by atoms with Gasteiger partial charge in [0.1, 0.15) is 0 Å². The normalized spacial score (nSPS) is 19.9. The minimum absolute atomic E-state index is 0.110. The van der Waals surface area contributed by atoms with Crippen LogP contribution < -0.4 is 0 Å². The first kappa shape index (κ1) is 10.9. The second-order valence-corrected chi connectivity index (χ2v) is 4.76. The Morgan fingerprint density at radius 2 is 2.25 bits per heavy atom. The maximum atomic E-state index is 11.9. The number of amides is 1. The van der Waals surface area contributed by atoms with E-state index in [1.165, 1.54) is 6.26 Å². The lowest BCUT2D eigenvalue weighted by molar-refractivity contribution is -0.130. The Morgan fingerprint density at radius 1 is 1.50 bits per heavy atom. The highest BCUT2D eigenvalue weighted by molar-refractivity contribution is 5.96. The SMILES string of the molecule is CC1(C)CCN(C(=O)c2ccco2)CC1=O. The molecule has 1 saturated heterocycles. The van der Waals surface area contributed by atoms with Gasteiger partial charge < -0.3 is 9.32 Å². The summed E-state index contributed by atoms with van der Waals surface area (Å²) in [6.45, 7) is 4.64. The van der Waals surface area contributed by atoms with Gasteiger partial charge in [-0.2, -0.15) is 0 Å². The molecule has 86 valence electrons.